The molecular weight excluding hydrogens is 369 g/mol. The van der Waals surface area contributed by atoms with E-state index >= 15 is 0 Å². The molecule has 0 radical (unpaired) electrons. The molecule has 2 aromatic carbocycles. The van der Waals surface area contributed by atoms with Gasteiger partial charge >= 0.3 is 0 Å². The third-order valence-electron chi connectivity index (χ3n) is 5.30. The molecule has 2 fully saturated rings. The Bertz CT molecular complexity index is 866. The predicted molar refractivity (Wildman–Crippen MR) is 102 cm³/mol. The second-order valence-corrected chi connectivity index (χ2v) is 7.36. The number of nitrogens with zero attached hydrogens (tertiary/aromatic N) is 2. The van der Waals surface area contributed by atoms with E-state index in [-0.39, 0.29) is 24.3 Å². The fourth-order valence-electron chi connectivity index (χ4n) is 3.89. The largest absolute Gasteiger partial charge is 0.360 e. The number of rotatable bonds is 3. The SMILES string of the molecule is O=C1CC([NH+]2CCN(c3cccc(Cl)c3)CC2)C(=O)N1c1ccc(F)cc1. The summed E-state index contributed by atoms with van der Waals surface area (Å²) in [6.07, 6.45) is 0.197. The van der Waals surface area contributed by atoms with Crippen LogP contribution in [0, 0.1) is 5.82 Å². The van der Waals surface area contributed by atoms with Crippen LogP contribution in [0.4, 0.5) is 15.8 Å². The van der Waals surface area contributed by atoms with Crippen molar-refractivity contribution in [1.82, 2.24) is 0 Å². The molecule has 4 rings (SSSR count). The third-order valence-corrected chi connectivity index (χ3v) is 5.54. The summed E-state index contributed by atoms with van der Waals surface area (Å²) in [5, 5.41) is 0.703. The second kappa shape index (κ2) is 7.29. The molecule has 2 saturated heterocycles. The number of carbonyl (C=O) groups is 2. The number of hydrogen-bond acceptors (Lipinski definition) is 3. The molecule has 1 unspecified atom stereocenters. The van der Waals surface area contributed by atoms with Gasteiger partial charge in [0.2, 0.25) is 5.91 Å². The first-order valence-corrected chi connectivity index (χ1v) is 9.38. The second-order valence-electron chi connectivity index (χ2n) is 6.93. The van der Waals surface area contributed by atoms with Gasteiger partial charge in [-0.2, -0.15) is 0 Å². The molecule has 1 atom stereocenters. The molecule has 0 aliphatic carbocycles. The number of imide groups is 1. The van der Waals surface area contributed by atoms with Crippen molar-refractivity contribution in [2.75, 3.05) is 36.0 Å². The smallest absolute Gasteiger partial charge is 0.292 e. The Kier molecular flexibility index (Phi) is 4.85. The summed E-state index contributed by atoms with van der Waals surface area (Å²) < 4.78 is 13.1. The van der Waals surface area contributed by atoms with Crippen molar-refractivity contribution in [3.05, 3.63) is 59.4 Å². The highest BCUT2D eigenvalue weighted by molar-refractivity contribution is 6.30. The summed E-state index contributed by atoms with van der Waals surface area (Å²) in [5.74, 6) is -0.809. The first kappa shape index (κ1) is 17.9. The maximum atomic E-state index is 13.1. The maximum absolute atomic E-state index is 13.1. The zero-order valence-corrected chi connectivity index (χ0v) is 15.5. The molecular formula is C20H20ClFN3O2+. The van der Waals surface area contributed by atoms with E-state index in [1.807, 2.05) is 24.3 Å². The lowest BCUT2D eigenvalue weighted by Crippen LogP contribution is -3.19. The zero-order chi connectivity index (χ0) is 19.0. The van der Waals surface area contributed by atoms with Crippen LogP contribution in [0.2, 0.25) is 5.02 Å². The van der Waals surface area contributed by atoms with Gasteiger partial charge in [-0.05, 0) is 42.5 Å². The van der Waals surface area contributed by atoms with Crippen LogP contribution in [-0.4, -0.2) is 44.0 Å². The van der Waals surface area contributed by atoms with Gasteiger partial charge in [0.25, 0.3) is 5.91 Å². The lowest BCUT2D eigenvalue weighted by atomic mass is 10.1. The lowest BCUT2D eigenvalue weighted by Gasteiger charge is -2.35. The maximum Gasteiger partial charge on any atom is 0.292 e. The number of piperazine rings is 1. The van der Waals surface area contributed by atoms with Gasteiger partial charge in [0.1, 0.15) is 5.82 Å². The molecule has 2 aliphatic rings. The number of benzene rings is 2. The normalized spacial score (nSPS) is 21.2. The van der Waals surface area contributed by atoms with Crippen molar-refractivity contribution in [2.24, 2.45) is 0 Å². The van der Waals surface area contributed by atoms with Gasteiger partial charge in [-0.25, -0.2) is 9.29 Å². The van der Waals surface area contributed by atoms with Gasteiger partial charge < -0.3 is 9.80 Å². The van der Waals surface area contributed by atoms with Crippen LogP contribution in [-0.2, 0) is 9.59 Å². The minimum atomic E-state index is -0.392. The fraction of sp³-hybridized carbons (Fsp3) is 0.300. The molecule has 0 spiro atoms. The van der Waals surface area contributed by atoms with Crippen LogP contribution in [0.3, 0.4) is 0 Å². The molecule has 1 N–H and O–H groups in total. The van der Waals surface area contributed by atoms with E-state index < -0.39 is 5.82 Å². The quantitative estimate of drug-likeness (QED) is 0.811. The Morgan fingerprint density at radius 1 is 1.00 bits per heavy atom. The molecule has 2 aromatic rings. The van der Waals surface area contributed by atoms with E-state index in [2.05, 4.69) is 4.90 Å². The lowest BCUT2D eigenvalue weighted by molar-refractivity contribution is -0.915. The summed E-state index contributed by atoms with van der Waals surface area (Å²) in [6.45, 7) is 3.13. The monoisotopic (exact) mass is 388 g/mol. The van der Waals surface area contributed by atoms with Crippen LogP contribution >= 0.6 is 11.6 Å². The minimum absolute atomic E-state index is 0.196. The number of halogens is 2. The molecule has 2 amide bonds. The predicted octanol–water partition coefficient (Wildman–Crippen LogP) is 1.52. The Morgan fingerprint density at radius 3 is 2.37 bits per heavy atom. The van der Waals surface area contributed by atoms with E-state index in [0.29, 0.717) is 10.7 Å². The van der Waals surface area contributed by atoms with Crippen molar-refractivity contribution in [1.29, 1.82) is 0 Å². The highest BCUT2D eigenvalue weighted by Crippen LogP contribution is 2.23. The average Bonchev–Trinajstić information content (AvgIpc) is 2.97. The third kappa shape index (κ3) is 3.55. The van der Waals surface area contributed by atoms with Crippen LogP contribution in [0.5, 0.6) is 0 Å². The summed E-state index contributed by atoms with van der Waals surface area (Å²) in [4.78, 5) is 29.8. The number of amides is 2. The Labute approximate surface area is 161 Å². The molecule has 0 saturated carbocycles. The van der Waals surface area contributed by atoms with Crippen LogP contribution in [0.15, 0.2) is 48.5 Å². The summed E-state index contributed by atoms with van der Waals surface area (Å²) in [5.41, 5.74) is 1.51. The van der Waals surface area contributed by atoms with Crippen LogP contribution < -0.4 is 14.7 Å². The molecule has 0 bridgehead atoms. The highest BCUT2D eigenvalue weighted by Gasteiger charge is 2.46. The Balaban J connectivity index is 1.43. The van der Waals surface area contributed by atoms with Gasteiger partial charge in [-0.3, -0.25) is 9.59 Å². The Hall–Kier alpha value is -2.44. The van der Waals surface area contributed by atoms with Crippen molar-refractivity contribution >= 4 is 34.8 Å². The van der Waals surface area contributed by atoms with Gasteiger partial charge in [0.05, 0.1) is 38.3 Å². The van der Waals surface area contributed by atoms with E-state index in [9.17, 15) is 14.0 Å². The molecule has 2 aliphatic heterocycles. The fourth-order valence-corrected chi connectivity index (χ4v) is 4.07. The molecule has 0 aromatic heterocycles. The van der Waals surface area contributed by atoms with E-state index in [0.717, 1.165) is 36.8 Å². The number of hydrogen-bond donors (Lipinski definition) is 1. The van der Waals surface area contributed by atoms with Crippen LogP contribution in [0.1, 0.15) is 6.42 Å². The van der Waals surface area contributed by atoms with Crippen molar-refractivity contribution < 1.29 is 18.9 Å². The van der Waals surface area contributed by atoms with E-state index in [4.69, 9.17) is 11.6 Å². The molecule has 7 heteroatoms. The minimum Gasteiger partial charge on any atom is -0.360 e. The number of carbonyl (C=O) groups excluding carboxylic acids is 2. The zero-order valence-electron chi connectivity index (χ0n) is 14.7. The van der Waals surface area contributed by atoms with Crippen molar-refractivity contribution in [2.45, 2.75) is 12.5 Å². The van der Waals surface area contributed by atoms with Gasteiger partial charge in [-0.15, -0.1) is 0 Å². The number of nitrogens with one attached hydrogen (secondary N) is 1. The standard InChI is InChI=1S/C20H19ClFN3O2/c21-14-2-1-3-17(12-14)23-8-10-24(11-9-23)18-13-19(26)25(20(18)27)16-6-4-15(22)5-7-16/h1-7,12,18H,8-11,13H2/p+1. The highest BCUT2D eigenvalue weighted by atomic mass is 35.5. The summed E-state index contributed by atoms with van der Waals surface area (Å²) in [7, 11) is 0. The summed E-state index contributed by atoms with van der Waals surface area (Å²) in [6, 6.07) is 12.8. The van der Waals surface area contributed by atoms with Crippen molar-refractivity contribution in [3.63, 3.8) is 0 Å². The number of anilines is 2. The van der Waals surface area contributed by atoms with E-state index in [1.165, 1.54) is 29.2 Å². The summed E-state index contributed by atoms with van der Waals surface area (Å²) >= 11 is 6.07. The Morgan fingerprint density at radius 2 is 1.70 bits per heavy atom. The average molecular weight is 389 g/mol. The topological polar surface area (TPSA) is 45.1 Å². The first-order chi connectivity index (χ1) is 13.0. The van der Waals surface area contributed by atoms with Gasteiger partial charge in [-0.1, -0.05) is 17.7 Å². The first-order valence-electron chi connectivity index (χ1n) is 9.00. The van der Waals surface area contributed by atoms with E-state index in [1.54, 1.807) is 0 Å². The molecule has 140 valence electrons. The van der Waals surface area contributed by atoms with Gasteiger partial charge in [0, 0.05) is 10.7 Å². The molecule has 27 heavy (non-hydrogen) atoms. The number of quaternary nitrogens is 1. The van der Waals surface area contributed by atoms with Gasteiger partial charge in [0.15, 0.2) is 6.04 Å². The van der Waals surface area contributed by atoms with Crippen molar-refractivity contribution in [3.8, 4) is 0 Å². The van der Waals surface area contributed by atoms with Crippen LogP contribution in [0.25, 0.3) is 0 Å². The molecule has 5 nitrogen and oxygen atoms in total. The molecule has 2 heterocycles.